The molecule has 0 aromatic carbocycles. The number of aromatic nitrogens is 4. The van der Waals surface area contributed by atoms with Gasteiger partial charge in [0.25, 0.3) is 5.56 Å². The third-order valence-electron chi connectivity index (χ3n) is 4.43. The van der Waals surface area contributed by atoms with Crippen LogP contribution in [0.4, 0.5) is 10.5 Å². The summed E-state index contributed by atoms with van der Waals surface area (Å²) >= 11 is 1.37. The maximum atomic E-state index is 12.5. The lowest BCUT2D eigenvalue weighted by Gasteiger charge is -2.17. The number of hydrogen-bond donors (Lipinski definition) is 1. The number of aryl methyl sites for hydroxylation is 2. The minimum Gasteiger partial charge on any atom is -0.322 e. The summed E-state index contributed by atoms with van der Waals surface area (Å²) in [7, 11) is 0. The quantitative estimate of drug-likeness (QED) is 0.760. The summed E-state index contributed by atoms with van der Waals surface area (Å²) in [6, 6.07) is 1.92. The van der Waals surface area contributed by atoms with Crippen LogP contribution in [0, 0.1) is 13.8 Å². The molecule has 130 valence electrons. The second kappa shape index (κ2) is 5.99. The molecular formula is C16H18N6O2S. The van der Waals surface area contributed by atoms with Crippen molar-refractivity contribution in [2.75, 3.05) is 18.4 Å². The van der Waals surface area contributed by atoms with Crippen molar-refractivity contribution in [3.05, 3.63) is 45.6 Å². The SMILES string of the molecule is Cc1cc(C)n([C@@H]2CCN(C(=O)Nc3cnc4sccn4c3=O)C2)n1. The number of urea groups is 1. The van der Waals surface area contributed by atoms with E-state index in [2.05, 4.69) is 15.4 Å². The number of fused-ring (bicyclic) bond motifs is 1. The van der Waals surface area contributed by atoms with Crippen molar-refractivity contribution in [1.82, 2.24) is 24.1 Å². The summed E-state index contributed by atoms with van der Waals surface area (Å²) in [5.41, 5.74) is 1.99. The van der Waals surface area contributed by atoms with Gasteiger partial charge in [-0.1, -0.05) is 0 Å². The molecule has 0 radical (unpaired) electrons. The summed E-state index contributed by atoms with van der Waals surface area (Å²) in [5.74, 6) is 0. The molecule has 0 bridgehead atoms. The third-order valence-corrected chi connectivity index (χ3v) is 5.20. The number of likely N-dealkylation sites (tertiary alicyclic amines) is 1. The average Bonchev–Trinajstić information content (AvgIpc) is 3.29. The van der Waals surface area contributed by atoms with Crippen LogP contribution in [0.1, 0.15) is 23.9 Å². The largest absolute Gasteiger partial charge is 0.322 e. The first-order chi connectivity index (χ1) is 12.0. The second-order valence-corrected chi connectivity index (χ2v) is 7.10. The number of rotatable bonds is 2. The molecule has 1 aliphatic rings. The molecule has 1 aliphatic heterocycles. The molecule has 4 heterocycles. The summed E-state index contributed by atoms with van der Waals surface area (Å²) in [4.78, 5) is 31.4. The fourth-order valence-electron chi connectivity index (χ4n) is 3.25. The molecule has 4 rings (SSSR count). The van der Waals surface area contributed by atoms with Gasteiger partial charge in [-0.05, 0) is 26.3 Å². The Morgan fingerprint density at radius 3 is 3.00 bits per heavy atom. The maximum absolute atomic E-state index is 12.5. The number of carbonyl (C=O) groups is 1. The number of amides is 2. The van der Waals surface area contributed by atoms with Crippen LogP contribution in [0.25, 0.3) is 4.96 Å². The zero-order valence-corrected chi connectivity index (χ0v) is 14.8. The van der Waals surface area contributed by atoms with Gasteiger partial charge in [0.1, 0.15) is 5.69 Å². The van der Waals surface area contributed by atoms with Crippen molar-refractivity contribution in [3.63, 3.8) is 0 Å². The van der Waals surface area contributed by atoms with E-state index >= 15 is 0 Å². The van der Waals surface area contributed by atoms with Gasteiger partial charge < -0.3 is 10.2 Å². The highest BCUT2D eigenvalue weighted by Gasteiger charge is 2.29. The normalized spacial score (nSPS) is 17.4. The maximum Gasteiger partial charge on any atom is 0.322 e. The van der Waals surface area contributed by atoms with E-state index in [0.717, 1.165) is 17.8 Å². The summed E-state index contributed by atoms with van der Waals surface area (Å²) in [5, 5.41) is 8.99. The Morgan fingerprint density at radius 1 is 1.40 bits per heavy atom. The van der Waals surface area contributed by atoms with Crippen LogP contribution in [0.3, 0.4) is 0 Å². The Balaban J connectivity index is 1.49. The van der Waals surface area contributed by atoms with E-state index in [1.807, 2.05) is 24.6 Å². The van der Waals surface area contributed by atoms with Crippen molar-refractivity contribution in [2.45, 2.75) is 26.3 Å². The minimum absolute atomic E-state index is 0.165. The molecule has 0 saturated carbocycles. The molecule has 1 saturated heterocycles. The van der Waals surface area contributed by atoms with E-state index in [9.17, 15) is 9.59 Å². The fraction of sp³-hybridized carbons (Fsp3) is 0.375. The van der Waals surface area contributed by atoms with E-state index in [4.69, 9.17) is 0 Å². The number of nitrogens with one attached hydrogen (secondary N) is 1. The van der Waals surface area contributed by atoms with Gasteiger partial charge in [-0.25, -0.2) is 9.78 Å². The Hall–Kier alpha value is -2.68. The Labute approximate surface area is 147 Å². The van der Waals surface area contributed by atoms with Crippen molar-refractivity contribution in [3.8, 4) is 0 Å². The molecule has 1 fully saturated rings. The van der Waals surface area contributed by atoms with Gasteiger partial charge in [0.05, 0.1) is 17.9 Å². The molecule has 2 amide bonds. The van der Waals surface area contributed by atoms with E-state index in [0.29, 0.717) is 18.1 Å². The molecule has 9 heteroatoms. The molecule has 8 nitrogen and oxygen atoms in total. The Morgan fingerprint density at radius 2 is 2.24 bits per heavy atom. The van der Waals surface area contributed by atoms with Gasteiger partial charge in [-0.2, -0.15) is 5.10 Å². The van der Waals surface area contributed by atoms with Gasteiger partial charge in [-0.15, -0.1) is 11.3 Å². The van der Waals surface area contributed by atoms with Crippen molar-refractivity contribution >= 4 is 28.0 Å². The first-order valence-electron chi connectivity index (χ1n) is 8.06. The smallest absolute Gasteiger partial charge is 0.322 e. The summed E-state index contributed by atoms with van der Waals surface area (Å²) < 4.78 is 3.42. The number of carbonyl (C=O) groups excluding carboxylic acids is 1. The number of nitrogens with zero attached hydrogens (tertiary/aromatic N) is 5. The van der Waals surface area contributed by atoms with Gasteiger partial charge in [0.15, 0.2) is 4.96 Å². The predicted molar refractivity (Wildman–Crippen MR) is 95.3 cm³/mol. The van der Waals surface area contributed by atoms with Gasteiger partial charge in [-0.3, -0.25) is 13.9 Å². The number of anilines is 1. The average molecular weight is 358 g/mol. The van der Waals surface area contributed by atoms with E-state index in [-0.39, 0.29) is 23.3 Å². The molecule has 1 N–H and O–H groups in total. The first kappa shape index (κ1) is 15.8. The zero-order chi connectivity index (χ0) is 17.6. The molecule has 25 heavy (non-hydrogen) atoms. The Kier molecular flexibility index (Phi) is 3.79. The highest BCUT2D eigenvalue weighted by molar-refractivity contribution is 7.15. The van der Waals surface area contributed by atoms with E-state index in [1.165, 1.54) is 21.9 Å². The van der Waals surface area contributed by atoms with Crippen LogP contribution < -0.4 is 10.9 Å². The van der Waals surface area contributed by atoms with Crippen LogP contribution >= 0.6 is 11.3 Å². The predicted octanol–water partition coefficient (Wildman–Crippen LogP) is 2.05. The number of hydrogen-bond acceptors (Lipinski definition) is 5. The van der Waals surface area contributed by atoms with Crippen molar-refractivity contribution < 1.29 is 4.79 Å². The minimum atomic E-state index is -0.280. The molecule has 3 aromatic rings. The molecule has 3 aromatic heterocycles. The number of thiazole rings is 1. The second-order valence-electron chi connectivity index (χ2n) is 6.22. The molecule has 0 unspecified atom stereocenters. The van der Waals surface area contributed by atoms with Crippen LogP contribution in [0.5, 0.6) is 0 Å². The first-order valence-corrected chi connectivity index (χ1v) is 8.94. The van der Waals surface area contributed by atoms with Crippen LogP contribution in [0.2, 0.25) is 0 Å². The van der Waals surface area contributed by atoms with Gasteiger partial charge >= 0.3 is 6.03 Å². The lowest BCUT2D eigenvalue weighted by atomic mass is 10.2. The van der Waals surface area contributed by atoms with Crippen molar-refractivity contribution in [2.24, 2.45) is 0 Å². The highest BCUT2D eigenvalue weighted by Crippen LogP contribution is 2.23. The molecule has 0 aliphatic carbocycles. The lowest BCUT2D eigenvalue weighted by Crippen LogP contribution is -2.35. The molecule has 0 spiro atoms. The standard InChI is InChI=1S/C16H18N6O2S/c1-10-7-11(2)22(19-10)12-3-4-20(9-12)15(24)18-13-8-17-16-21(14(13)23)5-6-25-16/h5-8,12H,3-4,9H2,1-2H3,(H,18,24)/t12-/m1/s1. The van der Waals surface area contributed by atoms with Crippen LogP contribution in [-0.2, 0) is 0 Å². The molecular weight excluding hydrogens is 340 g/mol. The Bertz CT molecular complexity index is 1000. The van der Waals surface area contributed by atoms with Gasteiger partial charge in [0, 0.05) is 30.4 Å². The highest BCUT2D eigenvalue weighted by atomic mass is 32.1. The monoisotopic (exact) mass is 358 g/mol. The third kappa shape index (κ3) is 2.80. The molecule has 1 atom stereocenters. The summed E-state index contributed by atoms with van der Waals surface area (Å²) in [6.45, 7) is 5.18. The van der Waals surface area contributed by atoms with Crippen molar-refractivity contribution in [1.29, 1.82) is 0 Å². The van der Waals surface area contributed by atoms with E-state index in [1.54, 1.807) is 16.5 Å². The van der Waals surface area contributed by atoms with Gasteiger partial charge in [0.2, 0.25) is 0 Å². The van der Waals surface area contributed by atoms with E-state index < -0.39 is 0 Å². The zero-order valence-electron chi connectivity index (χ0n) is 14.0. The summed E-state index contributed by atoms with van der Waals surface area (Å²) in [6.07, 6.45) is 3.91. The topological polar surface area (TPSA) is 84.5 Å². The fourth-order valence-corrected chi connectivity index (χ4v) is 3.92. The van der Waals surface area contributed by atoms with Crippen LogP contribution in [0.15, 0.2) is 28.6 Å². The van der Waals surface area contributed by atoms with Crippen LogP contribution in [-0.4, -0.2) is 43.2 Å². The lowest BCUT2D eigenvalue weighted by molar-refractivity contribution is 0.220.